The van der Waals surface area contributed by atoms with Crippen molar-refractivity contribution in [1.29, 1.82) is 0 Å². The molecule has 4 rings (SSSR count). The van der Waals surface area contributed by atoms with Crippen LogP contribution < -0.4 is 9.47 Å². The van der Waals surface area contributed by atoms with E-state index in [4.69, 9.17) is 9.47 Å². The summed E-state index contributed by atoms with van der Waals surface area (Å²) in [5.74, 6) is 0.212. The predicted molar refractivity (Wildman–Crippen MR) is 109 cm³/mol. The molecule has 0 spiro atoms. The minimum Gasteiger partial charge on any atom is -0.440 e. The van der Waals surface area contributed by atoms with Gasteiger partial charge in [-0.05, 0) is 23.8 Å². The fourth-order valence-electron chi connectivity index (χ4n) is 3.16. The van der Waals surface area contributed by atoms with E-state index in [0.29, 0.717) is 11.5 Å². The van der Waals surface area contributed by atoms with Crippen LogP contribution in [0.15, 0.2) is 84.9 Å². The summed E-state index contributed by atoms with van der Waals surface area (Å²) in [5.41, 5.74) is 2.70. The number of ether oxygens (including phenoxy) is 2. The summed E-state index contributed by atoms with van der Waals surface area (Å²) in [6, 6.07) is 25.5. The first-order chi connectivity index (χ1) is 13.6. The van der Waals surface area contributed by atoms with Crippen LogP contribution in [0.5, 0.6) is 11.5 Å². The number of hydrogen-bond acceptors (Lipinski definition) is 3. The van der Waals surface area contributed by atoms with E-state index in [1.165, 1.54) is 4.90 Å². The monoisotopic (exact) mass is 371 g/mol. The molecule has 28 heavy (non-hydrogen) atoms. The molecule has 1 heterocycles. The van der Waals surface area contributed by atoms with Crippen LogP contribution in [-0.2, 0) is 10.6 Å². The molecule has 140 valence electrons. The maximum absolute atomic E-state index is 11.8. The van der Waals surface area contributed by atoms with Crippen LogP contribution >= 0.6 is 0 Å². The van der Waals surface area contributed by atoms with Gasteiger partial charge in [0.15, 0.2) is 11.5 Å². The van der Waals surface area contributed by atoms with Crippen LogP contribution in [0.3, 0.4) is 0 Å². The molecule has 1 aliphatic rings. The lowest BCUT2D eigenvalue weighted by atomic mass is 9.97. The topological polar surface area (TPSA) is 38.8 Å². The van der Waals surface area contributed by atoms with Gasteiger partial charge in [-0.1, -0.05) is 66.7 Å². The molecule has 1 aliphatic heterocycles. The fourth-order valence-corrected chi connectivity index (χ4v) is 3.16. The van der Waals surface area contributed by atoms with Crippen molar-refractivity contribution < 1.29 is 14.3 Å². The molecule has 3 aromatic carbocycles. The Morgan fingerprint density at radius 1 is 0.821 bits per heavy atom. The van der Waals surface area contributed by atoms with Gasteiger partial charge < -0.3 is 14.4 Å². The van der Waals surface area contributed by atoms with Crippen LogP contribution in [0.2, 0.25) is 0 Å². The number of nitrogens with zero attached hydrogens (tertiary/aromatic N) is 1. The van der Waals surface area contributed by atoms with Gasteiger partial charge in [-0.3, -0.25) is 4.79 Å². The van der Waals surface area contributed by atoms with Gasteiger partial charge in [-0.15, -0.1) is 0 Å². The van der Waals surface area contributed by atoms with Gasteiger partial charge in [-0.2, -0.15) is 0 Å². The van der Waals surface area contributed by atoms with Gasteiger partial charge in [0.2, 0.25) is 5.91 Å². The van der Waals surface area contributed by atoms with Crippen LogP contribution in [0.4, 0.5) is 0 Å². The summed E-state index contributed by atoms with van der Waals surface area (Å²) < 4.78 is 12.8. The average molecular weight is 371 g/mol. The second kappa shape index (κ2) is 7.24. The minimum atomic E-state index is -1.04. The number of hydrogen-bond donors (Lipinski definition) is 0. The first-order valence-electron chi connectivity index (χ1n) is 9.11. The Hall–Kier alpha value is -3.53. The Bertz CT molecular complexity index is 971. The van der Waals surface area contributed by atoms with E-state index >= 15 is 0 Å². The molecule has 3 aromatic rings. The lowest BCUT2D eigenvalue weighted by molar-refractivity contribution is -0.123. The van der Waals surface area contributed by atoms with Crippen molar-refractivity contribution in [1.82, 2.24) is 4.90 Å². The van der Waals surface area contributed by atoms with Crippen molar-refractivity contribution in [2.24, 2.45) is 0 Å². The Morgan fingerprint density at radius 2 is 1.39 bits per heavy atom. The molecule has 0 aliphatic carbocycles. The van der Waals surface area contributed by atoms with Crippen molar-refractivity contribution in [2.45, 2.75) is 5.79 Å². The van der Waals surface area contributed by atoms with E-state index < -0.39 is 5.79 Å². The highest BCUT2D eigenvalue weighted by atomic mass is 16.7. The van der Waals surface area contributed by atoms with E-state index in [9.17, 15) is 4.79 Å². The maximum atomic E-state index is 11.8. The van der Waals surface area contributed by atoms with Crippen molar-refractivity contribution in [3.63, 3.8) is 0 Å². The van der Waals surface area contributed by atoms with Gasteiger partial charge in [0.1, 0.15) is 0 Å². The number of carbonyl (C=O) groups is 1. The summed E-state index contributed by atoms with van der Waals surface area (Å²) in [7, 11) is 3.45. The van der Waals surface area contributed by atoms with Crippen LogP contribution in [0.1, 0.15) is 16.7 Å². The molecule has 0 unspecified atom stereocenters. The van der Waals surface area contributed by atoms with Crippen LogP contribution in [0, 0.1) is 0 Å². The Kier molecular flexibility index (Phi) is 4.62. The van der Waals surface area contributed by atoms with Gasteiger partial charge in [0.05, 0.1) is 0 Å². The second-order valence-electron chi connectivity index (χ2n) is 6.82. The Labute approximate surface area is 164 Å². The molecule has 0 saturated carbocycles. The number of likely N-dealkylation sites (N-methyl/N-ethyl adjacent to an activating group) is 1. The zero-order valence-electron chi connectivity index (χ0n) is 15.8. The van der Waals surface area contributed by atoms with E-state index in [-0.39, 0.29) is 5.91 Å². The molecule has 0 fully saturated rings. The normalized spacial score (nSPS) is 14.2. The first-order valence-corrected chi connectivity index (χ1v) is 9.11. The van der Waals surface area contributed by atoms with Crippen molar-refractivity contribution in [3.8, 4) is 11.5 Å². The third-order valence-corrected chi connectivity index (χ3v) is 4.64. The van der Waals surface area contributed by atoms with E-state index in [1.807, 2.05) is 78.9 Å². The molecule has 0 radical (unpaired) electrons. The third kappa shape index (κ3) is 3.25. The molecule has 0 N–H and O–H groups in total. The number of benzene rings is 3. The number of carbonyl (C=O) groups excluding carboxylic acids is 1. The van der Waals surface area contributed by atoms with Gasteiger partial charge in [0.25, 0.3) is 0 Å². The standard InChI is InChI=1S/C24H21NO3/c1-25(2)23(26)16-14-18-13-15-21-22(17-18)28-24(27-21,19-9-5-3-6-10-19)20-11-7-4-8-12-20/h3-17H,1-2H3/b16-14+. The van der Waals surface area contributed by atoms with E-state index in [2.05, 4.69) is 0 Å². The van der Waals surface area contributed by atoms with Crippen LogP contribution in [0.25, 0.3) is 6.08 Å². The van der Waals surface area contributed by atoms with E-state index in [1.54, 1.807) is 26.2 Å². The SMILES string of the molecule is CN(C)C(=O)/C=C/c1ccc2c(c1)OC(c1ccccc1)(c1ccccc1)O2. The van der Waals surface area contributed by atoms with Gasteiger partial charge >= 0.3 is 5.79 Å². The maximum Gasteiger partial charge on any atom is 0.305 e. The average Bonchev–Trinajstić information content (AvgIpc) is 3.13. The summed E-state index contributed by atoms with van der Waals surface area (Å²) in [4.78, 5) is 13.3. The lowest BCUT2D eigenvalue weighted by Crippen LogP contribution is -2.36. The molecule has 0 atom stereocenters. The Balaban J connectivity index is 1.72. The Morgan fingerprint density at radius 3 is 1.96 bits per heavy atom. The van der Waals surface area contributed by atoms with E-state index in [0.717, 1.165) is 16.7 Å². The highest BCUT2D eigenvalue weighted by Gasteiger charge is 2.45. The largest absolute Gasteiger partial charge is 0.440 e. The second-order valence-corrected chi connectivity index (χ2v) is 6.82. The number of fused-ring (bicyclic) bond motifs is 1. The van der Waals surface area contributed by atoms with Crippen molar-refractivity contribution in [3.05, 3.63) is 102 Å². The predicted octanol–water partition coefficient (Wildman–Crippen LogP) is 4.46. The molecule has 0 bridgehead atoms. The third-order valence-electron chi connectivity index (χ3n) is 4.64. The highest BCUT2D eigenvalue weighted by molar-refractivity contribution is 5.91. The molecule has 0 saturated heterocycles. The summed E-state index contributed by atoms with van der Waals surface area (Å²) >= 11 is 0. The zero-order valence-corrected chi connectivity index (χ0v) is 15.8. The highest BCUT2D eigenvalue weighted by Crippen LogP contribution is 2.47. The molecule has 1 amide bonds. The fraction of sp³-hybridized carbons (Fsp3) is 0.125. The molecular formula is C24H21NO3. The first kappa shape index (κ1) is 17.9. The van der Waals surface area contributed by atoms with Crippen LogP contribution in [-0.4, -0.2) is 24.9 Å². The quantitative estimate of drug-likeness (QED) is 0.636. The summed E-state index contributed by atoms with van der Waals surface area (Å²) in [5, 5.41) is 0. The summed E-state index contributed by atoms with van der Waals surface area (Å²) in [6.07, 6.45) is 3.32. The summed E-state index contributed by atoms with van der Waals surface area (Å²) in [6.45, 7) is 0. The minimum absolute atomic E-state index is 0.0689. The lowest BCUT2D eigenvalue weighted by Gasteiger charge is -2.28. The smallest absolute Gasteiger partial charge is 0.305 e. The van der Waals surface area contributed by atoms with Crippen molar-refractivity contribution in [2.75, 3.05) is 14.1 Å². The molecular weight excluding hydrogens is 350 g/mol. The zero-order chi connectivity index (χ0) is 19.6. The molecule has 4 nitrogen and oxygen atoms in total. The number of rotatable bonds is 4. The molecule has 0 aromatic heterocycles. The number of amides is 1. The van der Waals surface area contributed by atoms with Crippen molar-refractivity contribution >= 4 is 12.0 Å². The van der Waals surface area contributed by atoms with Gasteiger partial charge in [-0.25, -0.2) is 0 Å². The van der Waals surface area contributed by atoms with Gasteiger partial charge in [0, 0.05) is 31.3 Å². The molecule has 4 heteroatoms.